The lowest BCUT2D eigenvalue weighted by atomic mass is 9.97. The summed E-state index contributed by atoms with van der Waals surface area (Å²) >= 11 is 5.82. The fourth-order valence-corrected chi connectivity index (χ4v) is 3.31. The number of hydrogen-bond acceptors (Lipinski definition) is 2. The number of rotatable bonds is 2. The minimum Gasteiger partial charge on any atom is -0.276 e. The van der Waals surface area contributed by atoms with Crippen LogP contribution >= 0.6 is 11.6 Å². The van der Waals surface area contributed by atoms with Crippen LogP contribution in [0.15, 0.2) is 66.7 Å². The van der Waals surface area contributed by atoms with Crippen molar-refractivity contribution in [1.82, 2.24) is 4.98 Å². The summed E-state index contributed by atoms with van der Waals surface area (Å²) in [6.45, 7) is 2.09. The van der Waals surface area contributed by atoms with Gasteiger partial charge in [-0.3, -0.25) is 4.79 Å². The van der Waals surface area contributed by atoms with Gasteiger partial charge < -0.3 is 0 Å². The molecule has 0 aliphatic carbocycles. The van der Waals surface area contributed by atoms with Gasteiger partial charge in [0.1, 0.15) is 0 Å². The molecule has 0 unspecified atom stereocenters. The second-order valence-corrected chi connectivity index (χ2v) is 6.16. The van der Waals surface area contributed by atoms with Crippen LogP contribution < -0.4 is 0 Å². The van der Waals surface area contributed by atoms with E-state index in [2.05, 4.69) is 31.2 Å². The predicted molar refractivity (Wildman–Crippen MR) is 99.6 cm³/mol. The van der Waals surface area contributed by atoms with E-state index in [-0.39, 0.29) is 0 Å². The summed E-state index contributed by atoms with van der Waals surface area (Å²) in [5.74, 6) is 0. The van der Waals surface area contributed by atoms with Crippen LogP contribution in [0.25, 0.3) is 32.9 Å². The van der Waals surface area contributed by atoms with Crippen LogP contribution in [-0.4, -0.2) is 10.2 Å². The highest BCUT2D eigenvalue weighted by Gasteiger charge is 2.14. The van der Waals surface area contributed by atoms with Crippen molar-refractivity contribution >= 4 is 38.5 Å². The van der Waals surface area contributed by atoms with Crippen molar-refractivity contribution in [3.05, 3.63) is 77.9 Å². The minimum atomic E-state index is -0.466. The van der Waals surface area contributed by atoms with E-state index in [9.17, 15) is 4.79 Å². The molecule has 0 N–H and O–H groups in total. The second kappa shape index (κ2) is 5.73. The fourth-order valence-electron chi connectivity index (χ4n) is 3.15. The van der Waals surface area contributed by atoms with Crippen molar-refractivity contribution in [3.63, 3.8) is 0 Å². The summed E-state index contributed by atoms with van der Waals surface area (Å²) in [4.78, 5) is 16.7. The first-order valence-electron chi connectivity index (χ1n) is 7.73. The topological polar surface area (TPSA) is 30.0 Å². The van der Waals surface area contributed by atoms with Crippen LogP contribution in [0.4, 0.5) is 0 Å². The molecular formula is C21H14ClNO. The van der Waals surface area contributed by atoms with Crippen molar-refractivity contribution in [3.8, 4) is 11.3 Å². The predicted octanol–water partition coefficient (Wildman–Crippen LogP) is 5.74. The molecule has 0 saturated heterocycles. The van der Waals surface area contributed by atoms with Crippen molar-refractivity contribution in [2.75, 3.05) is 0 Å². The third-order valence-electron chi connectivity index (χ3n) is 4.35. The van der Waals surface area contributed by atoms with Crippen LogP contribution in [0.3, 0.4) is 0 Å². The van der Waals surface area contributed by atoms with E-state index in [1.54, 1.807) is 6.07 Å². The number of aryl methyl sites for hydroxylation is 1. The van der Waals surface area contributed by atoms with Gasteiger partial charge >= 0.3 is 0 Å². The van der Waals surface area contributed by atoms with Crippen LogP contribution in [0.1, 0.15) is 15.9 Å². The van der Waals surface area contributed by atoms with Gasteiger partial charge in [0.05, 0.1) is 11.2 Å². The van der Waals surface area contributed by atoms with E-state index in [0.717, 1.165) is 27.5 Å². The summed E-state index contributed by atoms with van der Waals surface area (Å²) in [6, 6.07) is 21.7. The molecule has 0 radical (unpaired) electrons. The molecule has 3 heteroatoms. The number of halogens is 1. The fraction of sp³-hybridized carbons (Fsp3) is 0.0476. The SMILES string of the molecule is Cc1ccc(-c2cc(C(=O)Cl)c3ccccc3n2)c2ccccc12. The zero-order valence-corrected chi connectivity index (χ0v) is 13.8. The monoisotopic (exact) mass is 331 g/mol. The quantitative estimate of drug-likeness (QED) is 0.438. The standard InChI is InChI=1S/C21H14ClNO/c1-13-10-11-17(15-7-3-2-6-14(13)15)20-12-18(21(22)24)16-8-4-5-9-19(16)23-20/h2-12H,1H3. The molecule has 4 aromatic rings. The van der Waals surface area contributed by atoms with Crippen LogP contribution in [0.2, 0.25) is 0 Å². The molecule has 0 amide bonds. The van der Waals surface area contributed by atoms with E-state index in [1.807, 2.05) is 36.4 Å². The Morgan fingerprint density at radius 2 is 1.54 bits per heavy atom. The Bertz CT molecular complexity index is 1100. The molecule has 4 rings (SSSR count). The van der Waals surface area contributed by atoms with E-state index in [0.29, 0.717) is 5.56 Å². The normalized spacial score (nSPS) is 11.1. The molecular weight excluding hydrogens is 318 g/mol. The molecule has 116 valence electrons. The Morgan fingerprint density at radius 3 is 2.29 bits per heavy atom. The van der Waals surface area contributed by atoms with Gasteiger partial charge in [-0.1, -0.05) is 54.6 Å². The molecule has 0 spiro atoms. The molecule has 0 fully saturated rings. The number of para-hydroxylation sites is 1. The smallest absolute Gasteiger partial charge is 0.253 e. The third kappa shape index (κ3) is 2.36. The van der Waals surface area contributed by atoms with E-state index in [4.69, 9.17) is 16.6 Å². The summed E-state index contributed by atoms with van der Waals surface area (Å²) in [7, 11) is 0. The zero-order valence-electron chi connectivity index (χ0n) is 13.1. The number of hydrogen-bond donors (Lipinski definition) is 0. The Kier molecular flexibility index (Phi) is 3.55. The highest BCUT2D eigenvalue weighted by Crippen LogP contribution is 2.32. The molecule has 1 heterocycles. The number of benzene rings is 3. The lowest BCUT2D eigenvalue weighted by Gasteiger charge is -2.11. The lowest BCUT2D eigenvalue weighted by molar-refractivity contribution is 0.108. The molecule has 3 aromatic carbocycles. The molecule has 24 heavy (non-hydrogen) atoms. The largest absolute Gasteiger partial charge is 0.276 e. The summed E-state index contributed by atoms with van der Waals surface area (Å²) < 4.78 is 0. The van der Waals surface area contributed by atoms with Crippen molar-refractivity contribution in [1.29, 1.82) is 0 Å². The molecule has 0 atom stereocenters. The summed E-state index contributed by atoms with van der Waals surface area (Å²) in [5.41, 5.74) is 4.23. The first-order chi connectivity index (χ1) is 11.6. The van der Waals surface area contributed by atoms with Gasteiger partial charge in [-0.15, -0.1) is 0 Å². The Balaban J connectivity index is 2.08. The first-order valence-corrected chi connectivity index (χ1v) is 8.11. The van der Waals surface area contributed by atoms with Crippen molar-refractivity contribution in [2.24, 2.45) is 0 Å². The van der Waals surface area contributed by atoms with E-state index >= 15 is 0 Å². The first kappa shape index (κ1) is 14.9. The maximum Gasteiger partial charge on any atom is 0.253 e. The van der Waals surface area contributed by atoms with Gasteiger partial charge in [0.15, 0.2) is 0 Å². The number of pyridine rings is 1. The van der Waals surface area contributed by atoms with Crippen molar-refractivity contribution < 1.29 is 4.79 Å². The van der Waals surface area contributed by atoms with Crippen LogP contribution in [0.5, 0.6) is 0 Å². The summed E-state index contributed by atoms with van der Waals surface area (Å²) in [5, 5.41) is 2.61. The average molecular weight is 332 g/mol. The molecule has 0 aliphatic rings. The number of carbonyl (C=O) groups is 1. The molecule has 1 aromatic heterocycles. The van der Waals surface area contributed by atoms with E-state index in [1.165, 1.54) is 10.9 Å². The van der Waals surface area contributed by atoms with Gasteiger partial charge in [0, 0.05) is 16.5 Å². The van der Waals surface area contributed by atoms with Gasteiger partial charge in [-0.2, -0.15) is 0 Å². The van der Waals surface area contributed by atoms with Crippen LogP contribution in [-0.2, 0) is 0 Å². The number of aromatic nitrogens is 1. The van der Waals surface area contributed by atoms with Gasteiger partial charge in [0.25, 0.3) is 5.24 Å². The molecule has 0 aliphatic heterocycles. The van der Waals surface area contributed by atoms with Crippen LogP contribution in [0, 0.1) is 6.92 Å². The Labute approximate surface area is 144 Å². The maximum atomic E-state index is 11.9. The lowest BCUT2D eigenvalue weighted by Crippen LogP contribution is -1.96. The Hall–Kier alpha value is -2.71. The molecule has 0 bridgehead atoms. The number of fused-ring (bicyclic) bond motifs is 2. The van der Waals surface area contributed by atoms with Gasteiger partial charge in [0.2, 0.25) is 0 Å². The second-order valence-electron chi connectivity index (χ2n) is 5.82. The van der Waals surface area contributed by atoms with Crippen molar-refractivity contribution in [2.45, 2.75) is 6.92 Å². The maximum absolute atomic E-state index is 11.9. The molecule has 2 nitrogen and oxygen atoms in total. The van der Waals surface area contributed by atoms with Gasteiger partial charge in [-0.05, 0) is 47.0 Å². The molecule has 0 saturated carbocycles. The number of nitrogens with zero attached hydrogens (tertiary/aromatic N) is 1. The summed E-state index contributed by atoms with van der Waals surface area (Å²) in [6.07, 6.45) is 0. The third-order valence-corrected chi connectivity index (χ3v) is 4.55. The minimum absolute atomic E-state index is 0.466. The average Bonchev–Trinajstić information content (AvgIpc) is 2.61. The van der Waals surface area contributed by atoms with Gasteiger partial charge in [-0.25, -0.2) is 4.98 Å². The highest BCUT2D eigenvalue weighted by molar-refractivity contribution is 6.68. The van der Waals surface area contributed by atoms with E-state index < -0.39 is 5.24 Å². The number of carbonyl (C=O) groups excluding carboxylic acids is 1. The Morgan fingerprint density at radius 1 is 0.875 bits per heavy atom. The zero-order chi connectivity index (χ0) is 16.7. The highest BCUT2D eigenvalue weighted by atomic mass is 35.5.